The molecule has 1 fully saturated rings. The van der Waals surface area contributed by atoms with Gasteiger partial charge in [0.2, 0.25) is 11.3 Å². The van der Waals surface area contributed by atoms with Gasteiger partial charge in [-0.05, 0) is 0 Å². The molecular formula is C13H18N2O5. The number of aromatic nitrogens is 1. The molecule has 0 aromatic carbocycles. The lowest BCUT2D eigenvalue weighted by Gasteiger charge is -2.27. The first-order valence-electron chi connectivity index (χ1n) is 6.39. The van der Waals surface area contributed by atoms with Crippen LogP contribution in [-0.2, 0) is 22.7 Å². The van der Waals surface area contributed by atoms with Gasteiger partial charge in [-0.3, -0.25) is 9.59 Å². The summed E-state index contributed by atoms with van der Waals surface area (Å²) in [6.45, 7) is 1.94. The number of morpholine rings is 1. The van der Waals surface area contributed by atoms with Crippen LogP contribution in [0.5, 0.6) is 5.75 Å². The lowest BCUT2D eigenvalue weighted by molar-refractivity contribution is -0.135. The fourth-order valence-electron chi connectivity index (χ4n) is 2.09. The van der Waals surface area contributed by atoms with E-state index in [-0.39, 0.29) is 30.2 Å². The molecule has 20 heavy (non-hydrogen) atoms. The normalized spacial score (nSPS) is 15.2. The Labute approximate surface area is 116 Å². The fraction of sp³-hybridized carbons (Fsp3) is 0.538. The van der Waals surface area contributed by atoms with E-state index in [4.69, 9.17) is 9.47 Å². The van der Waals surface area contributed by atoms with Crippen molar-refractivity contribution in [2.45, 2.75) is 13.2 Å². The molecule has 1 saturated heterocycles. The molecule has 1 aliphatic rings. The second kappa shape index (κ2) is 6.53. The highest BCUT2D eigenvalue weighted by atomic mass is 16.5. The van der Waals surface area contributed by atoms with Crippen LogP contribution in [0, 0.1) is 0 Å². The molecule has 1 amide bonds. The minimum absolute atomic E-state index is 0.0620. The first-order valence-corrected chi connectivity index (χ1v) is 6.39. The fourth-order valence-corrected chi connectivity index (χ4v) is 2.09. The molecule has 2 rings (SSSR count). The minimum Gasteiger partial charge on any atom is -0.491 e. The first-order chi connectivity index (χ1) is 9.65. The molecule has 1 aromatic rings. The molecule has 2 heterocycles. The molecule has 0 aliphatic carbocycles. The molecule has 7 heteroatoms. The van der Waals surface area contributed by atoms with E-state index in [0.29, 0.717) is 32.0 Å². The summed E-state index contributed by atoms with van der Waals surface area (Å²) in [6, 6.07) is 1.28. The number of carbonyl (C=O) groups excluding carboxylic acids is 1. The van der Waals surface area contributed by atoms with Crippen LogP contribution < -0.4 is 10.2 Å². The molecule has 7 nitrogen and oxygen atoms in total. The number of aliphatic hydroxyl groups excluding tert-OH is 1. The zero-order valence-corrected chi connectivity index (χ0v) is 11.4. The van der Waals surface area contributed by atoms with Crippen molar-refractivity contribution in [1.29, 1.82) is 0 Å². The van der Waals surface area contributed by atoms with Crippen molar-refractivity contribution in [3.8, 4) is 5.75 Å². The van der Waals surface area contributed by atoms with Gasteiger partial charge >= 0.3 is 0 Å². The molecule has 0 bridgehead atoms. The highest BCUT2D eigenvalue weighted by Crippen LogP contribution is 2.08. The topological polar surface area (TPSA) is 81.0 Å². The largest absolute Gasteiger partial charge is 0.491 e. The van der Waals surface area contributed by atoms with Gasteiger partial charge in [0.25, 0.3) is 0 Å². The van der Waals surface area contributed by atoms with Crippen molar-refractivity contribution in [3.05, 3.63) is 28.2 Å². The van der Waals surface area contributed by atoms with E-state index in [9.17, 15) is 14.7 Å². The number of hydrogen-bond donors (Lipinski definition) is 1. The van der Waals surface area contributed by atoms with Gasteiger partial charge < -0.3 is 24.0 Å². The predicted molar refractivity (Wildman–Crippen MR) is 70.6 cm³/mol. The van der Waals surface area contributed by atoms with Gasteiger partial charge in [0.05, 0.1) is 33.1 Å². The zero-order chi connectivity index (χ0) is 14.5. The molecule has 0 radical (unpaired) electrons. The maximum Gasteiger partial charge on any atom is 0.242 e. The zero-order valence-electron chi connectivity index (χ0n) is 11.4. The van der Waals surface area contributed by atoms with E-state index < -0.39 is 0 Å². The first kappa shape index (κ1) is 14.5. The number of pyridine rings is 1. The van der Waals surface area contributed by atoms with Crippen LogP contribution in [0.25, 0.3) is 0 Å². The van der Waals surface area contributed by atoms with Gasteiger partial charge in [-0.15, -0.1) is 0 Å². The third-order valence-corrected chi connectivity index (χ3v) is 3.23. The summed E-state index contributed by atoms with van der Waals surface area (Å²) in [5.41, 5.74) is 0.0732. The number of aliphatic hydroxyl groups is 1. The molecule has 0 spiro atoms. The summed E-state index contributed by atoms with van der Waals surface area (Å²) in [4.78, 5) is 25.5. The van der Waals surface area contributed by atoms with Crippen LogP contribution in [0.3, 0.4) is 0 Å². The van der Waals surface area contributed by atoms with Crippen molar-refractivity contribution in [2.24, 2.45) is 0 Å². The quantitative estimate of drug-likeness (QED) is 0.782. The second-order valence-corrected chi connectivity index (χ2v) is 4.48. The Morgan fingerprint density at radius 1 is 1.45 bits per heavy atom. The average molecular weight is 282 g/mol. The van der Waals surface area contributed by atoms with E-state index in [0.717, 1.165) is 0 Å². The van der Waals surface area contributed by atoms with Gasteiger partial charge in [-0.25, -0.2) is 0 Å². The van der Waals surface area contributed by atoms with Crippen molar-refractivity contribution < 1.29 is 19.4 Å². The monoisotopic (exact) mass is 282 g/mol. The van der Waals surface area contributed by atoms with Crippen LogP contribution in [-0.4, -0.2) is 53.9 Å². The number of carbonyl (C=O) groups is 1. The third kappa shape index (κ3) is 3.17. The van der Waals surface area contributed by atoms with Crippen molar-refractivity contribution >= 4 is 5.91 Å². The molecule has 1 N–H and O–H groups in total. The Bertz CT molecular complexity index is 534. The standard InChI is InChI=1S/C13H18N2O5/c1-19-12-7-15(10(9-16)6-11(12)17)8-13(18)14-2-4-20-5-3-14/h6-7,16H,2-5,8-9H2,1H3. The molecule has 0 saturated carbocycles. The van der Waals surface area contributed by atoms with Gasteiger partial charge in [0, 0.05) is 24.8 Å². The van der Waals surface area contributed by atoms with Crippen LogP contribution >= 0.6 is 0 Å². The highest BCUT2D eigenvalue weighted by Gasteiger charge is 2.18. The van der Waals surface area contributed by atoms with Crippen LogP contribution in [0.4, 0.5) is 0 Å². The molecule has 0 unspecified atom stereocenters. The number of hydrogen-bond acceptors (Lipinski definition) is 5. The Morgan fingerprint density at radius 2 is 2.15 bits per heavy atom. The van der Waals surface area contributed by atoms with E-state index in [1.165, 1.54) is 23.9 Å². The van der Waals surface area contributed by atoms with Crippen molar-refractivity contribution in [1.82, 2.24) is 9.47 Å². The van der Waals surface area contributed by atoms with E-state index >= 15 is 0 Å². The van der Waals surface area contributed by atoms with Crippen LogP contribution in [0.2, 0.25) is 0 Å². The summed E-state index contributed by atoms with van der Waals surface area (Å²) >= 11 is 0. The van der Waals surface area contributed by atoms with Gasteiger partial charge in [-0.2, -0.15) is 0 Å². The van der Waals surface area contributed by atoms with Crippen molar-refractivity contribution in [3.63, 3.8) is 0 Å². The maximum absolute atomic E-state index is 12.2. The van der Waals surface area contributed by atoms with Crippen LogP contribution in [0.1, 0.15) is 5.69 Å². The Morgan fingerprint density at radius 3 is 2.75 bits per heavy atom. The van der Waals surface area contributed by atoms with Crippen LogP contribution in [0.15, 0.2) is 17.1 Å². The lowest BCUT2D eigenvalue weighted by atomic mass is 10.3. The molecule has 0 atom stereocenters. The Balaban J connectivity index is 2.18. The van der Waals surface area contributed by atoms with Crippen molar-refractivity contribution in [2.75, 3.05) is 33.4 Å². The summed E-state index contributed by atoms with van der Waals surface area (Å²) in [5, 5.41) is 9.28. The minimum atomic E-state index is -0.313. The average Bonchev–Trinajstić information content (AvgIpc) is 2.49. The smallest absolute Gasteiger partial charge is 0.242 e. The van der Waals surface area contributed by atoms with Gasteiger partial charge in [0.1, 0.15) is 6.54 Å². The summed E-state index contributed by atoms with van der Waals surface area (Å²) in [6.07, 6.45) is 1.45. The maximum atomic E-state index is 12.2. The number of amides is 1. The number of ether oxygens (including phenoxy) is 2. The molecule has 1 aromatic heterocycles. The van der Waals surface area contributed by atoms with E-state index in [1.807, 2.05) is 0 Å². The Kier molecular flexibility index (Phi) is 4.75. The van der Waals surface area contributed by atoms with E-state index in [1.54, 1.807) is 4.90 Å². The molecule has 110 valence electrons. The SMILES string of the molecule is COc1cn(CC(=O)N2CCOCC2)c(CO)cc1=O. The summed E-state index contributed by atoms with van der Waals surface area (Å²) in [5.74, 6) is 0.0747. The molecular weight excluding hydrogens is 264 g/mol. The number of rotatable bonds is 4. The summed E-state index contributed by atoms with van der Waals surface area (Å²) < 4.78 is 11.7. The Hall–Kier alpha value is -1.86. The number of methoxy groups -OCH3 is 1. The van der Waals surface area contributed by atoms with E-state index in [2.05, 4.69) is 0 Å². The van der Waals surface area contributed by atoms with Gasteiger partial charge in [-0.1, -0.05) is 0 Å². The lowest BCUT2D eigenvalue weighted by Crippen LogP contribution is -2.42. The molecule has 1 aliphatic heterocycles. The highest BCUT2D eigenvalue weighted by molar-refractivity contribution is 5.76. The third-order valence-electron chi connectivity index (χ3n) is 3.23. The van der Waals surface area contributed by atoms with Gasteiger partial charge in [0.15, 0.2) is 5.75 Å². The summed E-state index contributed by atoms with van der Waals surface area (Å²) in [7, 11) is 1.39. The second-order valence-electron chi connectivity index (χ2n) is 4.48. The predicted octanol–water partition coefficient (Wildman–Crippen LogP) is -0.792. The number of nitrogens with zero attached hydrogens (tertiary/aromatic N) is 2.